The van der Waals surface area contributed by atoms with Crippen molar-refractivity contribution >= 4 is 28.4 Å². The largest absolute Gasteiger partial charge is 0.481 e. The van der Waals surface area contributed by atoms with Crippen LogP contribution in [0.4, 0.5) is 0 Å². The van der Waals surface area contributed by atoms with Crippen LogP contribution in [0.5, 0.6) is 5.75 Å². The fraction of sp³-hybridized carbons (Fsp3) is 0.238. The van der Waals surface area contributed by atoms with Gasteiger partial charge in [0.25, 0.3) is 0 Å². The monoisotopic (exact) mass is 368 g/mol. The lowest BCUT2D eigenvalue weighted by atomic mass is 9.96. The standard InChI is InChI=1S/C21H17ClO4/c22-16-10-15-14(13-6-2-1-3-7-13)11-21(24)26-19(15)12-20(16)25-18-9-5-4-8-17(18)23/h1-3,6-7,10-12,18H,4-5,8-9H2. The van der Waals surface area contributed by atoms with E-state index in [0.717, 1.165) is 29.4 Å². The van der Waals surface area contributed by atoms with Gasteiger partial charge in [-0.3, -0.25) is 4.79 Å². The van der Waals surface area contributed by atoms with Gasteiger partial charge in [-0.05, 0) is 36.5 Å². The molecule has 0 N–H and O–H groups in total. The van der Waals surface area contributed by atoms with Crippen molar-refractivity contribution in [1.82, 2.24) is 0 Å². The van der Waals surface area contributed by atoms with Crippen molar-refractivity contribution in [1.29, 1.82) is 0 Å². The topological polar surface area (TPSA) is 56.5 Å². The SMILES string of the molecule is O=C1CCCCC1Oc1cc2oc(=O)cc(-c3ccccc3)c2cc1Cl. The Morgan fingerprint density at radius 1 is 1.04 bits per heavy atom. The van der Waals surface area contributed by atoms with Crippen molar-refractivity contribution in [3.05, 3.63) is 64.0 Å². The third kappa shape index (κ3) is 3.25. The van der Waals surface area contributed by atoms with E-state index in [1.165, 1.54) is 6.07 Å². The van der Waals surface area contributed by atoms with Crippen molar-refractivity contribution in [2.75, 3.05) is 0 Å². The summed E-state index contributed by atoms with van der Waals surface area (Å²) in [6.45, 7) is 0. The van der Waals surface area contributed by atoms with Crippen LogP contribution in [-0.4, -0.2) is 11.9 Å². The fourth-order valence-electron chi connectivity index (χ4n) is 3.34. The summed E-state index contributed by atoms with van der Waals surface area (Å²) in [7, 11) is 0. The lowest BCUT2D eigenvalue weighted by molar-refractivity contribution is -0.127. The number of hydrogen-bond donors (Lipinski definition) is 0. The lowest BCUT2D eigenvalue weighted by Gasteiger charge is -2.22. The number of ketones is 1. The van der Waals surface area contributed by atoms with Gasteiger partial charge in [0.1, 0.15) is 11.3 Å². The summed E-state index contributed by atoms with van der Waals surface area (Å²) in [5.74, 6) is 0.458. The molecule has 132 valence electrons. The van der Waals surface area contributed by atoms with E-state index in [4.69, 9.17) is 20.8 Å². The number of carbonyl (C=O) groups excluding carboxylic acids is 1. The molecule has 2 aromatic carbocycles. The summed E-state index contributed by atoms with van der Waals surface area (Å²) in [6.07, 6.45) is 2.58. The van der Waals surface area contributed by atoms with Crippen LogP contribution in [0.1, 0.15) is 25.7 Å². The molecule has 26 heavy (non-hydrogen) atoms. The van der Waals surface area contributed by atoms with Crippen LogP contribution >= 0.6 is 11.6 Å². The molecule has 4 nitrogen and oxygen atoms in total. The molecule has 1 aliphatic rings. The molecule has 1 unspecified atom stereocenters. The van der Waals surface area contributed by atoms with E-state index in [1.54, 1.807) is 12.1 Å². The molecule has 5 heteroatoms. The quantitative estimate of drug-likeness (QED) is 0.610. The molecular weight excluding hydrogens is 352 g/mol. The summed E-state index contributed by atoms with van der Waals surface area (Å²) >= 11 is 6.41. The van der Waals surface area contributed by atoms with Crippen LogP contribution in [0, 0.1) is 0 Å². The van der Waals surface area contributed by atoms with Crippen molar-refractivity contribution in [2.24, 2.45) is 0 Å². The maximum absolute atomic E-state index is 12.0. The summed E-state index contributed by atoms with van der Waals surface area (Å²) < 4.78 is 11.2. The Kier molecular flexibility index (Phi) is 4.51. The van der Waals surface area contributed by atoms with Gasteiger partial charge in [-0.1, -0.05) is 41.9 Å². The highest BCUT2D eigenvalue weighted by atomic mass is 35.5. The maximum Gasteiger partial charge on any atom is 0.336 e. The average molecular weight is 369 g/mol. The van der Waals surface area contributed by atoms with Gasteiger partial charge in [0.05, 0.1) is 5.02 Å². The number of carbonyl (C=O) groups is 1. The van der Waals surface area contributed by atoms with Gasteiger partial charge in [0.2, 0.25) is 0 Å². The van der Waals surface area contributed by atoms with Crippen LogP contribution < -0.4 is 10.4 Å². The van der Waals surface area contributed by atoms with Gasteiger partial charge >= 0.3 is 5.63 Å². The first kappa shape index (κ1) is 16.9. The van der Waals surface area contributed by atoms with E-state index in [-0.39, 0.29) is 5.78 Å². The predicted octanol–water partition coefficient (Wildman–Crippen LogP) is 5.00. The summed E-state index contributed by atoms with van der Waals surface area (Å²) in [4.78, 5) is 24.0. The second kappa shape index (κ2) is 6.96. The Balaban J connectivity index is 1.80. The Labute approximate surface area is 155 Å². The highest BCUT2D eigenvalue weighted by Crippen LogP contribution is 2.36. The normalized spacial score (nSPS) is 17.4. The highest BCUT2D eigenvalue weighted by Gasteiger charge is 2.25. The Hall–Kier alpha value is -2.59. The first-order valence-electron chi connectivity index (χ1n) is 8.64. The van der Waals surface area contributed by atoms with Crippen LogP contribution in [0.25, 0.3) is 22.1 Å². The van der Waals surface area contributed by atoms with Crippen molar-refractivity contribution in [2.45, 2.75) is 31.8 Å². The van der Waals surface area contributed by atoms with Crippen molar-refractivity contribution in [3.63, 3.8) is 0 Å². The van der Waals surface area contributed by atoms with Crippen LogP contribution in [0.3, 0.4) is 0 Å². The number of Topliss-reactive ketones (excluding diaryl/α,β-unsaturated/α-hetero) is 1. The van der Waals surface area contributed by atoms with Gasteiger partial charge in [-0.15, -0.1) is 0 Å². The molecule has 0 spiro atoms. The van der Waals surface area contributed by atoms with Gasteiger partial charge in [-0.2, -0.15) is 0 Å². The molecule has 3 aromatic rings. The van der Waals surface area contributed by atoms with E-state index in [0.29, 0.717) is 29.2 Å². The smallest absolute Gasteiger partial charge is 0.336 e. The first-order valence-corrected chi connectivity index (χ1v) is 9.02. The molecule has 1 aliphatic carbocycles. The second-order valence-electron chi connectivity index (χ2n) is 6.44. The Morgan fingerprint density at radius 2 is 1.85 bits per heavy atom. The molecule has 1 aromatic heterocycles. The number of benzene rings is 2. The second-order valence-corrected chi connectivity index (χ2v) is 6.85. The van der Waals surface area contributed by atoms with E-state index in [2.05, 4.69) is 0 Å². The van der Waals surface area contributed by atoms with Gasteiger partial charge in [0.15, 0.2) is 11.9 Å². The van der Waals surface area contributed by atoms with Crippen LogP contribution in [-0.2, 0) is 4.79 Å². The third-order valence-corrected chi connectivity index (χ3v) is 4.95. The molecule has 0 amide bonds. The lowest BCUT2D eigenvalue weighted by Crippen LogP contribution is -2.30. The van der Waals surface area contributed by atoms with Gasteiger partial charge in [-0.25, -0.2) is 4.79 Å². The molecule has 1 atom stereocenters. The molecule has 1 fully saturated rings. The van der Waals surface area contributed by atoms with E-state index >= 15 is 0 Å². The fourth-order valence-corrected chi connectivity index (χ4v) is 3.55. The van der Waals surface area contributed by atoms with Gasteiger partial charge < -0.3 is 9.15 Å². The zero-order valence-corrected chi connectivity index (χ0v) is 14.8. The molecule has 1 heterocycles. The minimum atomic E-state index is -0.484. The zero-order valence-electron chi connectivity index (χ0n) is 14.0. The van der Waals surface area contributed by atoms with E-state index in [9.17, 15) is 9.59 Å². The molecule has 0 saturated heterocycles. The molecule has 0 aliphatic heterocycles. The number of rotatable bonds is 3. The Bertz CT molecular complexity index is 1020. The molecule has 0 radical (unpaired) electrons. The maximum atomic E-state index is 12.0. The predicted molar refractivity (Wildman–Crippen MR) is 101 cm³/mol. The summed E-state index contributed by atoms with van der Waals surface area (Å²) in [5.41, 5.74) is 1.59. The minimum Gasteiger partial charge on any atom is -0.481 e. The zero-order chi connectivity index (χ0) is 18.1. The molecular formula is C21H17ClO4. The van der Waals surface area contributed by atoms with Crippen LogP contribution in [0.2, 0.25) is 5.02 Å². The molecule has 4 rings (SSSR count). The van der Waals surface area contributed by atoms with Gasteiger partial charge in [0, 0.05) is 23.9 Å². The number of hydrogen-bond acceptors (Lipinski definition) is 4. The first-order chi connectivity index (χ1) is 12.6. The van der Waals surface area contributed by atoms with E-state index < -0.39 is 11.7 Å². The molecule has 0 bridgehead atoms. The number of fused-ring (bicyclic) bond motifs is 1. The summed E-state index contributed by atoms with van der Waals surface area (Å²) in [5, 5.41) is 1.12. The molecule has 1 saturated carbocycles. The van der Waals surface area contributed by atoms with Crippen molar-refractivity contribution < 1.29 is 13.9 Å². The Morgan fingerprint density at radius 3 is 2.62 bits per heavy atom. The number of ether oxygens (including phenoxy) is 1. The van der Waals surface area contributed by atoms with E-state index in [1.807, 2.05) is 30.3 Å². The minimum absolute atomic E-state index is 0.0897. The van der Waals surface area contributed by atoms with Crippen molar-refractivity contribution in [3.8, 4) is 16.9 Å². The van der Waals surface area contributed by atoms with Crippen LogP contribution in [0.15, 0.2) is 57.7 Å². The highest BCUT2D eigenvalue weighted by molar-refractivity contribution is 6.33. The number of halogens is 1. The average Bonchev–Trinajstić information content (AvgIpc) is 2.65. The summed E-state index contributed by atoms with van der Waals surface area (Å²) in [6, 6.07) is 14.4. The third-order valence-electron chi connectivity index (χ3n) is 4.65.